The van der Waals surface area contributed by atoms with Crippen LogP contribution in [0.25, 0.3) is 0 Å². The molecule has 1 fully saturated rings. The van der Waals surface area contributed by atoms with Crippen molar-refractivity contribution in [3.05, 3.63) is 29.6 Å². The molecule has 0 spiro atoms. The minimum atomic E-state index is -1.03. The smallest absolute Gasteiger partial charge is 0.323 e. The summed E-state index contributed by atoms with van der Waals surface area (Å²) >= 11 is 0. The van der Waals surface area contributed by atoms with E-state index >= 15 is 0 Å². The van der Waals surface area contributed by atoms with Crippen molar-refractivity contribution >= 4 is 11.9 Å². The van der Waals surface area contributed by atoms with E-state index in [1.54, 1.807) is 12.3 Å². The summed E-state index contributed by atoms with van der Waals surface area (Å²) in [6, 6.07) is 3.56. The normalized spacial score (nSPS) is 14.4. The number of hydrogen-bond donors (Lipinski definition) is 1. The molecule has 5 heteroatoms. The van der Waals surface area contributed by atoms with Crippen LogP contribution in [0, 0.1) is 0 Å². The molecule has 2 rings (SSSR count). The molecule has 0 atom stereocenters. The number of hydrogen-bond acceptors (Lipinski definition) is 3. The molecule has 90 valence electrons. The molecular formula is C12H14N2O3. The SMILES string of the molecule is CN(CC(=O)O)C(=O)c1ccc(C2CC2)cn1. The monoisotopic (exact) mass is 234 g/mol. The predicted octanol–water partition coefficient (Wildman–Crippen LogP) is 1.12. The lowest BCUT2D eigenvalue weighted by molar-refractivity contribution is -0.137. The minimum Gasteiger partial charge on any atom is -0.480 e. The van der Waals surface area contributed by atoms with Gasteiger partial charge in [0.1, 0.15) is 12.2 Å². The summed E-state index contributed by atoms with van der Waals surface area (Å²) in [5.41, 5.74) is 1.44. The summed E-state index contributed by atoms with van der Waals surface area (Å²) in [4.78, 5) is 27.5. The number of rotatable bonds is 4. The maximum Gasteiger partial charge on any atom is 0.323 e. The highest BCUT2D eigenvalue weighted by molar-refractivity contribution is 5.93. The lowest BCUT2D eigenvalue weighted by atomic mass is 10.2. The third-order valence-electron chi connectivity index (χ3n) is 2.77. The van der Waals surface area contributed by atoms with E-state index in [1.165, 1.54) is 19.9 Å². The number of carboxylic acids is 1. The molecule has 5 nitrogen and oxygen atoms in total. The van der Waals surface area contributed by atoms with Gasteiger partial charge >= 0.3 is 5.97 Å². The Hall–Kier alpha value is -1.91. The molecule has 1 aliphatic carbocycles. The van der Waals surface area contributed by atoms with Gasteiger partial charge in [-0.1, -0.05) is 6.07 Å². The van der Waals surface area contributed by atoms with Crippen LogP contribution in [-0.4, -0.2) is 40.5 Å². The average molecular weight is 234 g/mol. The van der Waals surface area contributed by atoms with E-state index in [4.69, 9.17) is 5.11 Å². The Morgan fingerprint density at radius 2 is 2.18 bits per heavy atom. The van der Waals surface area contributed by atoms with Gasteiger partial charge < -0.3 is 10.0 Å². The number of nitrogens with zero attached hydrogens (tertiary/aromatic N) is 2. The van der Waals surface area contributed by atoms with E-state index in [-0.39, 0.29) is 18.1 Å². The van der Waals surface area contributed by atoms with Crippen LogP contribution in [0.2, 0.25) is 0 Å². The van der Waals surface area contributed by atoms with Crippen molar-refractivity contribution < 1.29 is 14.7 Å². The number of carboxylic acid groups (broad SMARTS) is 1. The fraction of sp³-hybridized carbons (Fsp3) is 0.417. The van der Waals surface area contributed by atoms with Crippen LogP contribution in [0.3, 0.4) is 0 Å². The van der Waals surface area contributed by atoms with Crippen LogP contribution in [0.4, 0.5) is 0 Å². The van der Waals surface area contributed by atoms with Crippen LogP contribution in [0.1, 0.15) is 34.8 Å². The van der Waals surface area contributed by atoms with Crippen molar-refractivity contribution in [1.82, 2.24) is 9.88 Å². The van der Waals surface area contributed by atoms with Crippen molar-refractivity contribution in [1.29, 1.82) is 0 Å². The molecule has 0 radical (unpaired) electrons. The first-order valence-corrected chi connectivity index (χ1v) is 5.51. The van der Waals surface area contributed by atoms with Crippen molar-refractivity contribution in [2.24, 2.45) is 0 Å². The van der Waals surface area contributed by atoms with E-state index in [2.05, 4.69) is 4.98 Å². The molecule has 1 saturated carbocycles. The molecule has 0 saturated heterocycles. The third-order valence-corrected chi connectivity index (χ3v) is 2.77. The van der Waals surface area contributed by atoms with E-state index < -0.39 is 5.97 Å². The zero-order valence-corrected chi connectivity index (χ0v) is 9.59. The average Bonchev–Trinajstić information content (AvgIpc) is 3.11. The summed E-state index contributed by atoms with van der Waals surface area (Å²) in [7, 11) is 1.45. The zero-order chi connectivity index (χ0) is 12.4. The summed E-state index contributed by atoms with van der Waals surface area (Å²) < 4.78 is 0. The first kappa shape index (κ1) is 11.6. The Morgan fingerprint density at radius 3 is 2.65 bits per heavy atom. The molecule has 1 aromatic rings. The van der Waals surface area contributed by atoms with E-state index in [0.717, 1.165) is 10.5 Å². The Balaban J connectivity index is 2.05. The van der Waals surface area contributed by atoms with Gasteiger partial charge in [-0.15, -0.1) is 0 Å². The van der Waals surface area contributed by atoms with Gasteiger partial charge in [-0.25, -0.2) is 0 Å². The maximum atomic E-state index is 11.8. The second-order valence-corrected chi connectivity index (χ2v) is 4.31. The molecule has 0 bridgehead atoms. The summed E-state index contributed by atoms with van der Waals surface area (Å²) in [5, 5.41) is 8.59. The van der Waals surface area contributed by atoms with Gasteiger partial charge in [0, 0.05) is 13.2 Å². The number of likely N-dealkylation sites (N-methyl/N-ethyl adjacent to an activating group) is 1. The molecule has 1 aliphatic rings. The lowest BCUT2D eigenvalue weighted by Gasteiger charge is -2.13. The number of carbonyl (C=O) groups is 2. The summed E-state index contributed by atoms with van der Waals surface area (Å²) in [6.07, 6.45) is 4.08. The van der Waals surface area contributed by atoms with Gasteiger partial charge in [-0.05, 0) is 30.4 Å². The molecule has 1 amide bonds. The van der Waals surface area contributed by atoms with Gasteiger partial charge in [0.15, 0.2) is 0 Å². The van der Waals surface area contributed by atoms with Gasteiger partial charge in [-0.2, -0.15) is 0 Å². The molecule has 17 heavy (non-hydrogen) atoms. The molecule has 0 aliphatic heterocycles. The fourth-order valence-electron chi connectivity index (χ4n) is 1.66. The maximum absolute atomic E-state index is 11.8. The van der Waals surface area contributed by atoms with E-state index in [0.29, 0.717) is 5.92 Å². The van der Waals surface area contributed by atoms with Crippen molar-refractivity contribution in [2.75, 3.05) is 13.6 Å². The molecule has 1 N–H and O–H groups in total. The second kappa shape index (κ2) is 4.53. The number of aromatic nitrogens is 1. The Morgan fingerprint density at radius 1 is 1.47 bits per heavy atom. The van der Waals surface area contributed by atoms with Crippen molar-refractivity contribution in [3.8, 4) is 0 Å². The summed E-state index contributed by atoms with van der Waals surface area (Å²) in [5.74, 6) is -0.798. The van der Waals surface area contributed by atoms with Gasteiger partial charge in [-0.3, -0.25) is 14.6 Å². The lowest BCUT2D eigenvalue weighted by Crippen LogP contribution is -2.32. The van der Waals surface area contributed by atoms with E-state index in [1.807, 2.05) is 6.07 Å². The Bertz CT molecular complexity index is 438. The van der Waals surface area contributed by atoms with Crippen LogP contribution in [-0.2, 0) is 4.79 Å². The largest absolute Gasteiger partial charge is 0.480 e. The number of amides is 1. The standard InChI is InChI=1S/C12H14N2O3/c1-14(7-11(15)16)12(17)10-5-4-9(6-13-10)8-2-3-8/h4-6,8H,2-3,7H2,1H3,(H,15,16). The zero-order valence-electron chi connectivity index (χ0n) is 9.59. The summed E-state index contributed by atoms with van der Waals surface area (Å²) in [6.45, 7) is -0.315. The Labute approximate surface area is 99.1 Å². The van der Waals surface area contributed by atoms with Crippen LogP contribution >= 0.6 is 0 Å². The molecule has 0 unspecified atom stereocenters. The highest BCUT2D eigenvalue weighted by atomic mass is 16.4. The van der Waals surface area contributed by atoms with Gasteiger partial charge in [0.2, 0.25) is 0 Å². The van der Waals surface area contributed by atoms with Crippen LogP contribution in [0.5, 0.6) is 0 Å². The quantitative estimate of drug-likeness (QED) is 0.847. The second-order valence-electron chi connectivity index (χ2n) is 4.31. The Kier molecular flexibility index (Phi) is 3.08. The molecule has 1 aromatic heterocycles. The number of aliphatic carboxylic acids is 1. The highest BCUT2D eigenvalue weighted by Gasteiger charge is 2.24. The number of carbonyl (C=O) groups excluding carboxylic acids is 1. The van der Waals surface area contributed by atoms with Gasteiger partial charge in [0.05, 0.1) is 0 Å². The molecule has 0 aromatic carbocycles. The van der Waals surface area contributed by atoms with Crippen molar-refractivity contribution in [3.63, 3.8) is 0 Å². The predicted molar refractivity (Wildman–Crippen MR) is 60.8 cm³/mol. The van der Waals surface area contributed by atoms with E-state index in [9.17, 15) is 9.59 Å². The minimum absolute atomic E-state index is 0.290. The first-order valence-electron chi connectivity index (χ1n) is 5.51. The molecule has 1 heterocycles. The van der Waals surface area contributed by atoms with Crippen LogP contribution < -0.4 is 0 Å². The molecular weight excluding hydrogens is 220 g/mol. The highest BCUT2D eigenvalue weighted by Crippen LogP contribution is 2.39. The number of pyridine rings is 1. The van der Waals surface area contributed by atoms with Crippen molar-refractivity contribution in [2.45, 2.75) is 18.8 Å². The van der Waals surface area contributed by atoms with Crippen LogP contribution in [0.15, 0.2) is 18.3 Å². The fourth-order valence-corrected chi connectivity index (χ4v) is 1.66. The van der Waals surface area contributed by atoms with Gasteiger partial charge in [0.25, 0.3) is 5.91 Å². The topological polar surface area (TPSA) is 70.5 Å². The first-order chi connectivity index (χ1) is 8.08. The third kappa shape index (κ3) is 2.81.